The molecule has 0 saturated carbocycles. The maximum absolute atomic E-state index is 12.8. The number of carbonyl (C=O) groups excluding carboxylic acids is 1. The molecule has 0 saturated heterocycles. The Bertz CT molecular complexity index is 1070. The van der Waals surface area contributed by atoms with Gasteiger partial charge in [0.1, 0.15) is 5.82 Å². The molecule has 0 spiro atoms. The molecule has 4 rings (SSSR count). The fourth-order valence-corrected chi connectivity index (χ4v) is 4.96. The third-order valence-electron chi connectivity index (χ3n) is 5.11. The first kappa shape index (κ1) is 20.3. The van der Waals surface area contributed by atoms with Crippen molar-refractivity contribution in [1.29, 1.82) is 0 Å². The molecule has 7 heteroatoms. The summed E-state index contributed by atoms with van der Waals surface area (Å²) in [5, 5.41) is 7.57. The Kier molecular flexibility index (Phi) is 5.72. The third kappa shape index (κ3) is 3.65. The number of nitrogens with zero attached hydrogens (tertiary/aromatic N) is 2. The number of aryl methyl sites for hydroxylation is 1. The molecule has 1 aliphatic rings. The summed E-state index contributed by atoms with van der Waals surface area (Å²) < 4.78 is 13.1. The molecule has 0 bridgehead atoms. The van der Waals surface area contributed by atoms with Crippen LogP contribution in [0.3, 0.4) is 0 Å². The minimum Gasteiger partial charge on any atom is -0.493 e. The van der Waals surface area contributed by atoms with Crippen molar-refractivity contribution in [2.24, 2.45) is 0 Å². The van der Waals surface area contributed by atoms with E-state index in [0.717, 1.165) is 28.3 Å². The van der Waals surface area contributed by atoms with Crippen LogP contribution in [0.1, 0.15) is 35.9 Å². The fraction of sp³-hybridized carbons (Fsp3) is 0.304. The fourth-order valence-electron chi connectivity index (χ4n) is 3.65. The van der Waals surface area contributed by atoms with Crippen molar-refractivity contribution in [3.05, 3.63) is 65.4 Å². The van der Waals surface area contributed by atoms with Crippen molar-refractivity contribution in [3.8, 4) is 17.2 Å². The van der Waals surface area contributed by atoms with E-state index in [1.807, 2.05) is 74.0 Å². The number of nitrogens with one attached hydrogen (secondary N) is 1. The first-order valence-electron chi connectivity index (χ1n) is 9.95. The van der Waals surface area contributed by atoms with Gasteiger partial charge in [-0.05, 0) is 50.6 Å². The lowest BCUT2D eigenvalue weighted by Gasteiger charge is -2.19. The molecule has 1 N–H and O–H groups in total. The Balaban J connectivity index is 1.87. The van der Waals surface area contributed by atoms with Gasteiger partial charge < -0.3 is 14.8 Å². The molecule has 0 unspecified atom stereocenters. The van der Waals surface area contributed by atoms with Crippen LogP contribution in [0.25, 0.3) is 5.69 Å². The second-order valence-corrected chi connectivity index (χ2v) is 8.54. The van der Waals surface area contributed by atoms with E-state index in [1.165, 1.54) is 0 Å². The van der Waals surface area contributed by atoms with Crippen molar-refractivity contribution >= 4 is 23.5 Å². The number of hydrogen-bond acceptors (Lipinski definition) is 5. The number of fused-ring (bicyclic) bond motifs is 1. The highest BCUT2D eigenvalue weighted by Crippen LogP contribution is 2.47. The number of ether oxygens (including phenoxy) is 2. The number of thioether (sulfide) groups is 1. The van der Waals surface area contributed by atoms with Gasteiger partial charge in [0.15, 0.2) is 11.5 Å². The summed E-state index contributed by atoms with van der Waals surface area (Å²) in [5.74, 6) is 2.08. The van der Waals surface area contributed by atoms with E-state index in [2.05, 4.69) is 5.32 Å². The minimum absolute atomic E-state index is 0.0290. The molecule has 2 aromatic carbocycles. The van der Waals surface area contributed by atoms with E-state index in [4.69, 9.17) is 14.6 Å². The minimum atomic E-state index is -0.219. The molecule has 2 atom stereocenters. The Morgan fingerprint density at radius 1 is 1.17 bits per heavy atom. The topological polar surface area (TPSA) is 65.4 Å². The average Bonchev–Trinajstić information content (AvgIpc) is 3.01. The molecule has 1 amide bonds. The van der Waals surface area contributed by atoms with Crippen LogP contribution in [0, 0.1) is 6.92 Å². The van der Waals surface area contributed by atoms with Gasteiger partial charge in [-0.2, -0.15) is 5.10 Å². The van der Waals surface area contributed by atoms with E-state index >= 15 is 0 Å². The number of methoxy groups -OCH3 is 1. The van der Waals surface area contributed by atoms with E-state index in [1.54, 1.807) is 18.9 Å². The number of hydrogen-bond donors (Lipinski definition) is 1. The molecule has 1 aromatic heterocycles. The van der Waals surface area contributed by atoms with Crippen LogP contribution in [0.15, 0.2) is 48.5 Å². The van der Waals surface area contributed by atoms with Gasteiger partial charge in [0, 0.05) is 5.56 Å². The molecule has 3 aromatic rings. The van der Waals surface area contributed by atoms with E-state index in [9.17, 15) is 4.79 Å². The number of rotatable bonds is 5. The predicted octanol–water partition coefficient (Wildman–Crippen LogP) is 4.75. The number of amides is 1. The quantitative estimate of drug-likeness (QED) is 0.641. The highest BCUT2D eigenvalue weighted by molar-refractivity contribution is 8.01. The van der Waals surface area contributed by atoms with Crippen LogP contribution >= 0.6 is 11.8 Å². The molecule has 0 aliphatic carbocycles. The lowest BCUT2D eigenvalue weighted by Crippen LogP contribution is -2.22. The van der Waals surface area contributed by atoms with Crippen LogP contribution < -0.4 is 14.8 Å². The van der Waals surface area contributed by atoms with Crippen LogP contribution in [-0.4, -0.2) is 34.7 Å². The average molecular weight is 424 g/mol. The standard InChI is InChI=1S/C23H25N3O3S/c1-5-29-18-12-11-16(13-19(18)28-4)21-20-14(2)25-26(17-9-7-6-8-10-17)22(20)24-23(27)15(3)30-21/h6-13,15,21H,5H2,1-4H3,(H,24,27)/t15-,21+/m0/s1. The summed E-state index contributed by atoms with van der Waals surface area (Å²) in [7, 11) is 1.64. The van der Waals surface area contributed by atoms with Gasteiger partial charge >= 0.3 is 0 Å². The predicted molar refractivity (Wildman–Crippen MR) is 120 cm³/mol. The summed E-state index contributed by atoms with van der Waals surface area (Å²) >= 11 is 1.61. The summed E-state index contributed by atoms with van der Waals surface area (Å²) in [4.78, 5) is 12.8. The zero-order chi connectivity index (χ0) is 21.3. The van der Waals surface area contributed by atoms with E-state index in [0.29, 0.717) is 18.1 Å². The summed E-state index contributed by atoms with van der Waals surface area (Å²) in [5.41, 5.74) is 3.84. The van der Waals surface area contributed by atoms with Gasteiger partial charge in [0.2, 0.25) is 5.91 Å². The Morgan fingerprint density at radius 3 is 2.63 bits per heavy atom. The summed E-state index contributed by atoms with van der Waals surface area (Å²) in [6, 6.07) is 15.8. The normalized spacial score (nSPS) is 18.3. The zero-order valence-corrected chi connectivity index (χ0v) is 18.3. The van der Waals surface area contributed by atoms with Crippen molar-refractivity contribution in [3.63, 3.8) is 0 Å². The lowest BCUT2D eigenvalue weighted by molar-refractivity contribution is -0.115. The maximum Gasteiger partial charge on any atom is 0.238 e. The molecular weight excluding hydrogens is 398 g/mol. The number of anilines is 1. The first-order valence-corrected chi connectivity index (χ1v) is 10.9. The molecule has 30 heavy (non-hydrogen) atoms. The Labute approximate surface area is 180 Å². The summed E-state index contributed by atoms with van der Waals surface area (Å²) in [6.07, 6.45) is 0. The van der Waals surface area contributed by atoms with Gasteiger partial charge in [-0.3, -0.25) is 4.79 Å². The molecule has 6 nitrogen and oxygen atoms in total. The third-order valence-corrected chi connectivity index (χ3v) is 6.51. The van der Waals surface area contributed by atoms with Gasteiger partial charge in [-0.15, -0.1) is 11.8 Å². The van der Waals surface area contributed by atoms with Crippen molar-refractivity contribution in [1.82, 2.24) is 9.78 Å². The van der Waals surface area contributed by atoms with Gasteiger partial charge in [0.25, 0.3) is 0 Å². The van der Waals surface area contributed by atoms with Crippen LogP contribution in [0.2, 0.25) is 0 Å². The molecule has 156 valence electrons. The molecular formula is C23H25N3O3S. The van der Waals surface area contributed by atoms with Crippen LogP contribution in [0.4, 0.5) is 5.82 Å². The summed E-state index contributed by atoms with van der Waals surface area (Å²) in [6.45, 7) is 6.43. The first-order chi connectivity index (χ1) is 14.5. The van der Waals surface area contributed by atoms with Crippen molar-refractivity contribution in [2.45, 2.75) is 31.3 Å². The molecule has 1 aliphatic heterocycles. The number of benzene rings is 2. The maximum atomic E-state index is 12.8. The molecule has 0 radical (unpaired) electrons. The van der Waals surface area contributed by atoms with E-state index in [-0.39, 0.29) is 16.4 Å². The zero-order valence-electron chi connectivity index (χ0n) is 17.5. The van der Waals surface area contributed by atoms with Crippen molar-refractivity contribution < 1.29 is 14.3 Å². The highest BCUT2D eigenvalue weighted by Gasteiger charge is 2.34. The number of aromatic nitrogens is 2. The Morgan fingerprint density at radius 2 is 1.93 bits per heavy atom. The smallest absolute Gasteiger partial charge is 0.238 e. The van der Waals surface area contributed by atoms with Gasteiger partial charge in [-0.25, -0.2) is 4.68 Å². The van der Waals surface area contributed by atoms with Gasteiger partial charge in [0.05, 0.1) is 35.6 Å². The number of carbonyl (C=O) groups is 1. The molecule has 2 heterocycles. The van der Waals surface area contributed by atoms with Gasteiger partial charge in [-0.1, -0.05) is 24.3 Å². The van der Waals surface area contributed by atoms with Crippen LogP contribution in [0.5, 0.6) is 11.5 Å². The number of para-hydroxylation sites is 1. The largest absolute Gasteiger partial charge is 0.493 e. The SMILES string of the molecule is CCOc1ccc([C@H]2S[C@@H](C)C(=O)Nc3c2c(C)nn3-c2ccccc2)cc1OC. The van der Waals surface area contributed by atoms with E-state index < -0.39 is 0 Å². The Hall–Kier alpha value is -2.93. The second kappa shape index (κ2) is 8.44. The monoisotopic (exact) mass is 423 g/mol. The molecule has 0 fully saturated rings. The highest BCUT2D eigenvalue weighted by atomic mass is 32.2. The van der Waals surface area contributed by atoms with Crippen molar-refractivity contribution in [2.75, 3.05) is 19.0 Å². The van der Waals surface area contributed by atoms with Crippen LogP contribution in [-0.2, 0) is 4.79 Å². The lowest BCUT2D eigenvalue weighted by atomic mass is 10.0. The second-order valence-electron chi connectivity index (χ2n) is 7.09.